The van der Waals surface area contributed by atoms with E-state index in [9.17, 15) is 4.79 Å². The molecule has 2 aromatic heterocycles. The van der Waals surface area contributed by atoms with E-state index in [1.54, 1.807) is 30.5 Å². The highest BCUT2D eigenvalue weighted by molar-refractivity contribution is 6.42. The van der Waals surface area contributed by atoms with E-state index in [1.807, 2.05) is 60.3 Å². The fourth-order valence-electron chi connectivity index (χ4n) is 3.10. The Kier molecular flexibility index (Phi) is 6.30. The van der Waals surface area contributed by atoms with Gasteiger partial charge in [-0.05, 0) is 55.0 Å². The molecule has 0 aliphatic rings. The maximum atomic E-state index is 12.7. The van der Waals surface area contributed by atoms with Gasteiger partial charge in [-0.15, -0.1) is 0 Å². The fourth-order valence-corrected chi connectivity index (χ4v) is 3.45. The molecule has 4 aromatic rings. The van der Waals surface area contributed by atoms with Gasteiger partial charge in [-0.25, -0.2) is 4.68 Å². The molecule has 8 heteroatoms. The van der Waals surface area contributed by atoms with E-state index in [-0.39, 0.29) is 18.7 Å². The summed E-state index contributed by atoms with van der Waals surface area (Å²) in [6.07, 6.45) is 5.63. The van der Waals surface area contributed by atoms with Gasteiger partial charge in [0.25, 0.3) is 5.91 Å². The standard InChI is InChI=1S/C23H20Cl2N4O2/c1-16(17-6-4-7-18(14-17)28-11-2-3-12-28)26-23(30)20-10-13-29(27-20)15-31-21-9-5-8-19(24)22(21)25/h2-14,16H,15H2,1H3,(H,26,30). The Morgan fingerprint density at radius 3 is 2.65 bits per heavy atom. The summed E-state index contributed by atoms with van der Waals surface area (Å²) in [7, 11) is 0. The first-order chi connectivity index (χ1) is 15.0. The van der Waals surface area contributed by atoms with E-state index in [0.29, 0.717) is 21.5 Å². The highest BCUT2D eigenvalue weighted by Crippen LogP contribution is 2.31. The maximum absolute atomic E-state index is 12.7. The van der Waals surface area contributed by atoms with Crippen molar-refractivity contribution in [2.24, 2.45) is 0 Å². The quantitative estimate of drug-likeness (QED) is 0.400. The van der Waals surface area contributed by atoms with Crippen molar-refractivity contribution in [3.8, 4) is 11.4 Å². The Hall–Kier alpha value is -3.22. The zero-order valence-electron chi connectivity index (χ0n) is 16.7. The Bertz CT molecular complexity index is 1190. The second kappa shape index (κ2) is 9.29. The van der Waals surface area contributed by atoms with Crippen LogP contribution in [0.15, 0.2) is 79.3 Å². The summed E-state index contributed by atoms with van der Waals surface area (Å²) in [6.45, 7) is 2.04. The van der Waals surface area contributed by atoms with Crippen LogP contribution in [0.5, 0.6) is 5.75 Å². The van der Waals surface area contributed by atoms with Crippen LogP contribution in [0.4, 0.5) is 0 Å². The number of nitrogens with one attached hydrogen (secondary N) is 1. The molecule has 1 N–H and O–H groups in total. The zero-order chi connectivity index (χ0) is 21.8. The molecule has 0 radical (unpaired) electrons. The smallest absolute Gasteiger partial charge is 0.272 e. The third-order valence-electron chi connectivity index (χ3n) is 4.76. The molecule has 0 spiro atoms. The molecule has 158 valence electrons. The SMILES string of the molecule is CC(NC(=O)c1ccn(COc2cccc(Cl)c2Cl)n1)c1cccc(-n2cccc2)c1. The lowest BCUT2D eigenvalue weighted by Crippen LogP contribution is -2.27. The molecule has 0 bridgehead atoms. The molecule has 31 heavy (non-hydrogen) atoms. The van der Waals surface area contributed by atoms with Crippen molar-refractivity contribution in [2.75, 3.05) is 0 Å². The van der Waals surface area contributed by atoms with Gasteiger partial charge in [0.05, 0.1) is 11.1 Å². The van der Waals surface area contributed by atoms with Gasteiger partial charge in [-0.3, -0.25) is 4.79 Å². The number of halogens is 2. The summed E-state index contributed by atoms with van der Waals surface area (Å²) in [5, 5.41) is 8.02. The van der Waals surface area contributed by atoms with Crippen LogP contribution in [-0.2, 0) is 6.73 Å². The third kappa shape index (κ3) is 4.93. The highest BCUT2D eigenvalue weighted by atomic mass is 35.5. The van der Waals surface area contributed by atoms with Crippen LogP contribution in [0.3, 0.4) is 0 Å². The van der Waals surface area contributed by atoms with Gasteiger partial charge in [-0.2, -0.15) is 5.10 Å². The van der Waals surface area contributed by atoms with E-state index in [1.165, 1.54) is 4.68 Å². The number of amides is 1. The largest absolute Gasteiger partial charge is 0.470 e. The van der Waals surface area contributed by atoms with E-state index in [2.05, 4.69) is 10.4 Å². The first-order valence-electron chi connectivity index (χ1n) is 9.66. The summed E-state index contributed by atoms with van der Waals surface area (Å²) in [5.41, 5.74) is 2.33. The second-order valence-electron chi connectivity index (χ2n) is 6.95. The topological polar surface area (TPSA) is 61.1 Å². The number of hydrogen-bond donors (Lipinski definition) is 1. The lowest BCUT2D eigenvalue weighted by Gasteiger charge is -2.15. The van der Waals surface area contributed by atoms with Gasteiger partial charge in [0.15, 0.2) is 6.73 Å². The van der Waals surface area contributed by atoms with Crippen LogP contribution in [0.25, 0.3) is 5.69 Å². The summed E-state index contributed by atoms with van der Waals surface area (Å²) < 4.78 is 9.18. The van der Waals surface area contributed by atoms with E-state index >= 15 is 0 Å². The lowest BCUT2D eigenvalue weighted by molar-refractivity contribution is 0.0932. The summed E-state index contributed by atoms with van der Waals surface area (Å²) in [4.78, 5) is 12.7. The number of benzene rings is 2. The van der Waals surface area contributed by atoms with Crippen LogP contribution in [0.2, 0.25) is 10.0 Å². The van der Waals surface area contributed by atoms with Crippen molar-refractivity contribution < 1.29 is 9.53 Å². The predicted molar refractivity (Wildman–Crippen MR) is 121 cm³/mol. The van der Waals surface area contributed by atoms with Gasteiger partial charge < -0.3 is 14.6 Å². The van der Waals surface area contributed by atoms with Crippen molar-refractivity contribution in [2.45, 2.75) is 19.7 Å². The number of ether oxygens (including phenoxy) is 1. The Morgan fingerprint density at radius 1 is 1.06 bits per heavy atom. The Morgan fingerprint density at radius 2 is 1.84 bits per heavy atom. The summed E-state index contributed by atoms with van der Waals surface area (Å²) in [6, 6.07) is 18.6. The van der Waals surface area contributed by atoms with Crippen LogP contribution < -0.4 is 10.1 Å². The maximum Gasteiger partial charge on any atom is 0.272 e. The predicted octanol–water partition coefficient (Wildman–Crippen LogP) is 5.51. The monoisotopic (exact) mass is 454 g/mol. The number of aromatic nitrogens is 3. The van der Waals surface area contributed by atoms with Crippen molar-refractivity contribution >= 4 is 29.1 Å². The fraction of sp³-hybridized carbons (Fsp3) is 0.130. The molecule has 0 aliphatic carbocycles. The van der Waals surface area contributed by atoms with Gasteiger partial charge >= 0.3 is 0 Å². The van der Waals surface area contributed by atoms with E-state index in [4.69, 9.17) is 27.9 Å². The average Bonchev–Trinajstić information content (AvgIpc) is 3.47. The third-order valence-corrected chi connectivity index (χ3v) is 5.56. The molecule has 1 unspecified atom stereocenters. The van der Waals surface area contributed by atoms with Crippen molar-refractivity contribution in [3.05, 3.63) is 101 Å². The first kappa shape index (κ1) is 21.0. The lowest BCUT2D eigenvalue weighted by atomic mass is 10.1. The normalized spacial score (nSPS) is 11.8. The zero-order valence-corrected chi connectivity index (χ0v) is 18.2. The molecule has 4 rings (SSSR count). The molecule has 6 nitrogen and oxygen atoms in total. The molecule has 2 aromatic carbocycles. The van der Waals surface area contributed by atoms with Crippen LogP contribution in [-0.4, -0.2) is 20.3 Å². The first-order valence-corrected chi connectivity index (χ1v) is 10.4. The molecular weight excluding hydrogens is 435 g/mol. The Labute approximate surface area is 190 Å². The van der Waals surface area contributed by atoms with Crippen LogP contribution >= 0.6 is 23.2 Å². The number of nitrogens with zero attached hydrogens (tertiary/aromatic N) is 3. The molecular formula is C23H20Cl2N4O2. The van der Waals surface area contributed by atoms with E-state index < -0.39 is 0 Å². The molecule has 2 heterocycles. The minimum atomic E-state index is -0.265. The van der Waals surface area contributed by atoms with Gasteiger partial charge in [0.2, 0.25) is 0 Å². The molecule has 0 saturated carbocycles. The highest BCUT2D eigenvalue weighted by Gasteiger charge is 2.15. The number of rotatable bonds is 7. The van der Waals surface area contributed by atoms with Crippen LogP contribution in [0.1, 0.15) is 29.0 Å². The Balaban J connectivity index is 1.39. The van der Waals surface area contributed by atoms with Crippen molar-refractivity contribution in [1.29, 1.82) is 0 Å². The van der Waals surface area contributed by atoms with Crippen molar-refractivity contribution in [1.82, 2.24) is 19.7 Å². The molecule has 0 saturated heterocycles. The molecule has 0 aliphatic heterocycles. The van der Waals surface area contributed by atoms with Crippen molar-refractivity contribution in [3.63, 3.8) is 0 Å². The number of hydrogen-bond acceptors (Lipinski definition) is 3. The van der Waals surface area contributed by atoms with E-state index in [0.717, 1.165) is 11.3 Å². The molecule has 1 amide bonds. The van der Waals surface area contributed by atoms with Gasteiger partial charge in [0.1, 0.15) is 16.5 Å². The summed E-state index contributed by atoms with van der Waals surface area (Å²) in [5.74, 6) is 0.185. The van der Waals surface area contributed by atoms with Gasteiger partial charge in [0, 0.05) is 24.3 Å². The van der Waals surface area contributed by atoms with Gasteiger partial charge in [-0.1, -0.05) is 41.4 Å². The molecule has 1 atom stereocenters. The number of carbonyl (C=O) groups is 1. The number of carbonyl (C=O) groups excluding carboxylic acids is 1. The minimum absolute atomic E-state index is 0.0990. The molecule has 0 fully saturated rings. The summed E-state index contributed by atoms with van der Waals surface area (Å²) >= 11 is 12.1. The van der Waals surface area contributed by atoms with Crippen LogP contribution in [0, 0.1) is 0 Å². The second-order valence-corrected chi connectivity index (χ2v) is 7.73. The average molecular weight is 455 g/mol. The minimum Gasteiger partial charge on any atom is -0.470 e.